The van der Waals surface area contributed by atoms with E-state index in [9.17, 15) is 4.79 Å². The molecule has 3 aliphatic rings. The Morgan fingerprint density at radius 1 is 1.38 bits per heavy atom. The zero-order chi connectivity index (χ0) is 14.7. The normalized spacial score (nSPS) is 25.5. The van der Waals surface area contributed by atoms with Crippen molar-refractivity contribution in [2.75, 3.05) is 0 Å². The topological polar surface area (TPSA) is 20.3 Å². The van der Waals surface area contributed by atoms with Gasteiger partial charge in [-0.05, 0) is 30.8 Å². The number of carbonyl (C=O) groups excluding carboxylic acids is 1. The molecule has 0 saturated heterocycles. The number of carbonyl (C=O) groups is 1. The standard InChI is InChI=1S/C19H23NO/c1-15-18(11-10-16-6-2-3-7-16)12-13-20(15)19(21)14-17-8-4-5-9-17/h2-3,6,10-13,17-18H,1,4-5,7-9,14H2. The average molecular weight is 281 g/mol. The highest BCUT2D eigenvalue weighted by Crippen LogP contribution is 2.31. The summed E-state index contributed by atoms with van der Waals surface area (Å²) in [6.45, 7) is 4.11. The summed E-state index contributed by atoms with van der Waals surface area (Å²) in [5.41, 5.74) is 2.20. The molecular formula is C19H23NO. The van der Waals surface area contributed by atoms with Gasteiger partial charge in [0.25, 0.3) is 0 Å². The predicted molar refractivity (Wildman–Crippen MR) is 86.2 cm³/mol. The highest BCUT2D eigenvalue weighted by Gasteiger charge is 2.27. The molecule has 0 spiro atoms. The summed E-state index contributed by atoms with van der Waals surface area (Å²) < 4.78 is 0. The molecule has 0 aromatic rings. The first-order valence-electron chi connectivity index (χ1n) is 7.97. The number of hydrogen-bond acceptors (Lipinski definition) is 1. The van der Waals surface area contributed by atoms with Crippen LogP contribution in [0.2, 0.25) is 0 Å². The van der Waals surface area contributed by atoms with E-state index >= 15 is 0 Å². The zero-order valence-corrected chi connectivity index (χ0v) is 12.5. The third kappa shape index (κ3) is 3.26. The maximum atomic E-state index is 12.4. The van der Waals surface area contributed by atoms with Crippen molar-refractivity contribution in [1.82, 2.24) is 4.90 Å². The van der Waals surface area contributed by atoms with Gasteiger partial charge in [0.1, 0.15) is 0 Å². The van der Waals surface area contributed by atoms with Gasteiger partial charge in [-0.25, -0.2) is 0 Å². The minimum Gasteiger partial charge on any atom is -0.292 e. The summed E-state index contributed by atoms with van der Waals surface area (Å²) in [5.74, 6) is 0.947. The van der Waals surface area contributed by atoms with Gasteiger partial charge >= 0.3 is 0 Å². The van der Waals surface area contributed by atoms with E-state index in [1.165, 1.54) is 31.3 Å². The molecule has 1 amide bonds. The van der Waals surface area contributed by atoms with Gasteiger partial charge in [0.05, 0.1) is 0 Å². The van der Waals surface area contributed by atoms with Crippen LogP contribution in [-0.2, 0) is 4.79 Å². The van der Waals surface area contributed by atoms with Crippen molar-refractivity contribution in [2.45, 2.75) is 38.5 Å². The second-order valence-electron chi connectivity index (χ2n) is 6.21. The molecule has 0 bridgehead atoms. The third-order valence-corrected chi connectivity index (χ3v) is 4.66. The van der Waals surface area contributed by atoms with Crippen LogP contribution < -0.4 is 0 Å². The first-order valence-corrected chi connectivity index (χ1v) is 7.97. The average Bonchev–Trinajstić information content (AvgIpc) is 3.18. The maximum absolute atomic E-state index is 12.4. The van der Waals surface area contributed by atoms with Crippen molar-refractivity contribution in [3.8, 4) is 0 Å². The van der Waals surface area contributed by atoms with Gasteiger partial charge in [-0.2, -0.15) is 0 Å². The van der Waals surface area contributed by atoms with E-state index in [1.807, 2.05) is 6.20 Å². The zero-order valence-electron chi connectivity index (χ0n) is 12.5. The van der Waals surface area contributed by atoms with Gasteiger partial charge in [-0.3, -0.25) is 9.69 Å². The fourth-order valence-corrected chi connectivity index (χ4v) is 3.34. The van der Waals surface area contributed by atoms with Crippen molar-refractivity contribution in [3.05, 3.63) is 60.5 Å². The lowest BCUT2D eigenvalue weighted by molar-refractivity contribution is -0.127. The minimum absolute atomic E-state index is 0.152. The number of nitrogens with zero attached hydrogens (tertiary/aromatic N) is 1. The second-order valence-corrected chi connectivity index (χ2v) is 6.21. The monoisotopic (exact) mass is 281 g/mol. The number of amides is 1. The van der Waals surface area contributed by atoms with E-state index in [1.54, 1.807) is 4.90 Å². The van der Waals surface area contributed by atoms with Crippen LogP contribution in [0.1, 0.15) is 38.5 Å². The van der Waals surface area contributed by atoms with E-state index in [2.05, 4.69) is 43.0 Å². The lowest BCUT2D eigenvalue weighted by atomic mass is 10.0. The largest absolute Gasteiger partial charge is 0.292 e. The Morgan fingerprint density at radius 3 is 2.90 bits per heavy atom. The lowest BCUT2D eigenvalue weighted by Gasteiger charge is -2.19. The summed E-state index contributed by atoms with van der Waals surface area (Å²) in [6.07, 6.45) is 21.3. The smallest absolute Gasteiger partial charge is 0.231 e. The maximum Gasteiger partial charge on any atom is 0.231 e. The number of allylic oxidation sites excluding steroid dienone is 6. The van der Waals surface area contributed by atoms with Crippen molar-refractivity contribution in [1.29, 1.82) is 0 Å². The molecule has 2 nitrogen and oxygen atoms in total. The van der Waals surface area contributed by atoms with E-state index in [-0.39, 0.29) is 11.8 Å². The van der Waals surface area contributed by atoms with E-state index in [0.29, 0.717) is 12.3 Å². The molecule has 1 aliphatic heterocycles. The van der Waals surface area contributed by atoms with Crippen LogP contribution >= 0.6 is 0 Å². The summed E-state index contributed by atoms with van der Waals surface area (Å²) >= 11 is 0. The minimum atomic E-state index is 0.152. The van der Waals surface area contributed by atoms with Crippen molar-refractivity contribution < 1.29 is 4.79 Å². The second kappa shape index (κ2) is 6.30. The molecule has 2 heteroatoms. The molecule has 1 saturated carbocycles. The molecule has 21 heavy (non-hydrogen) atoms. The third-order valence-electron chi connectivity index (χ3n) is 4.66. The van der Waals surface area contributed by atoms with Crippen LogP contribution in [0.25, 0.3) is 0 Å². The lowest BCUT2D eigenvalue weighted by Crippen LogP contribution is -2.25. The summed E-state index contributed by atoms with van der Waals surface area (Å²) in [7, 11) is 0. The quantitative estimate of drug-likeness (QED) is 0.743. The molecular weight excluding hydrogens is 258 g/mol. The fraction of sp³-hybridized carbons (Fsp3) is 0.421. The molecule has 1 heterocycles. The van der Waals surface area contributed by atoms with Crippen LogP contribution in [0, 0.1) is 11.8 Å². The predicted octanol–water partition coefficient (Wildman–Crippen LogP) is 4.50. The molecule has 0 radical (unpaired) electrons. The molecule has 1 unspecified atom stereocenters. The van der Waals surface area contributed by atoms with Gasteiger partial charge in [0.2, 0.25) is 5.91 Å². The molecule has 0 N–H and O–H groups in total. The first-order chi connectivity index (χ1) is 10.2. The van der Waals surface area contributed by atoms with Crippen LogP contribution in [0.5, 0.6) is 0 Å². The Morgan fingerprint density at radius 2 is 2.19 bits per heavy atom. The molecule has 0 aromatic carbocycles. The fourth-order valence-electron chi connectivity index (χ4n) is 3.34. The number of hydrogen-bond donors (Lipinski definition) is 0. The highest BCUT2D eigenvalue weighted by molar-refractivity contribution is 5.80. The van der Waals surface area contributed by atoms with Gasteiger partial charge in [-0.15, -0.1) is 0 Å². The van der Waals surface area contributed by atoms with Gasteiger partial charge in [-0.1, -0.05) is 55.9 Å². The SMILES string of the molecule is C=C1C(C=CC2=CC=CC2)C=CN1C(=O)CC1CCCC1. The van der Waals surface area contributed by atoms with E-state index in [0.717, 1.165) is 12.1 Å². The molecule has 3 rings (SSSR count). The van der Waals surface area contributed by atoms with Gasteiger partial charge in [0, 0.05) is 24.2 Å². The molecule has 110 valence electrons. The first kappa shape index (κ1) is 14.1. The van der Waals surface area contributed by atoms with Gasteiger partial charge < -0.3 is 0 Å². The Bertz CT molecular complexity index is 544. The molecule has 0 aromatic heterocycles. The Labute approximate surface area is 127 Å². The number of rotatable bonds is 4. The van der Waals surface area contributed by atoms with Gasteiger partial charge in [0.15, 0.2) is 0 Å². The molecule has 1 fully saturated rings. The molecule has 1 atom stereocenters. The van der Waals surface area contributed by atoms with Crippen molar-refractivity contribution >= 4 is 5.91 Å². The summed E-state index contributed by atoms with van der Waals surface area (Å²) in [6, 6.07) is 0. The summed E-state index contributed by atoms with van der Waals surface area (Å²) in [5, 5.41) is 0. The Balaban J connectivity index is 1.55. The highest BCUT2D eigenvalue weighted by atomic mass is 16.2. The molecule has 2 aliphatic carbocycles. The van der Waals surface area contributed by atoms with Crippen LogP contribution in [-0.4, -0.2) is 10.8 Å². The van der Waals surface area contributed by atoms with Crippen molar-refractivity contribution in [3.63, 3.8) is 0 Å². The summed E-state index contributed by atoms with van der Waals surface area (Å²) in [4.78, 5) is 14.1. The Hall–Kier alpha value is -1.83. The van der Waals surface area contributed by atoms with E-state index < -0.39 is 0 Å². The van der Waals surface area contributed by atoms with Crippen LogP contribution in [0.15, 0.2) is 60.5 Å². The Kier molecular flexibility index (Phi) is 4.23. The van der Waals surface area contributed by atoms with Crippen LogP contribution in [0.4, 0.5) is 0 Å². The van der Waals surface area contributed by atoms with Crippen LogP contribution in [0.3, 0.4) is 0 Å². The van der Waals surface area contributed by atoms with Crippen molar-refractivity contribution in [2.24, 2.45) is 11.8 Å². The van der Waals surface area contributed by atoms with E-state index in [4.69, 9.17) is 0 Å².